The maximum Gasteiger partial charge on any atom is 0.0466 e. The Labute approximate surface area is 286 Å². The van der Waals surface area contributed by atoms with E-state index in [0.29, 0.717) is 0 Å². The van der Waals surface area contributed by atoms with Gasteiger partial charge in [-0.05, 0) is 32.1 Å². The van der Waals surface area contributed by atoms with E-state index in [-0.39, 0.29) is 0 Å². The number of hydrogen-bond acceptors (Lipinski definition) is 2. The quantitative estimate of drug-likeness (QED) is 0.0621. The maximum atomic E-state index is 5.86. The van der Waals surface area contributed by atoms with Crippen LogP contribution in [-0.2, 0) is 9.47 Å². The van der Waals surface area contributed by atoms with Crippen molar-refractivity contribution in [1.82, 2.24) is 0 Å². The Hall–Kier alpha value is -0.0800. The van der Waals surface area contributed by atoms with Gasteiger partial charge in [0.1, 0.15) is 0 Å². The molecule has 2 heteroatoms. The van der Waals surface area contributed by atoms with Crippen LogP contribution in [-0.4, -0.2) is 26.4 Å². The van der Waals surface area contributed by atoms with Crippen LogP contribution in [0.3, 0.4) is 0 Å². The van der Waals surface area contributed by atoms with E-state index in [2.05, 4.69) is 13.8 Å². The summed E-state index contributed by atoms with van der Waals surface area (Å²) in [5.74, 6) is 0. The molecule has 0 bridgehead atoms. The van der Waals surface area contributed by atoms with Crippen molar-refractivity contribution in [3.63, 3.8) is 0 Å². The average molecular weight is 637 g/mol. The zero-order valence-electron chi connectivity index (χ0n) is 31.8. The van der Waals surface area contributed by atoms with Gasteiger partial charge in [-0.25, -0.2) is 0 Å². The second-order valence-corrected chi connectivity index (χ2v) is 14.6. The van der Waals surface area contributed by atoms with Crippen molar-refractivity contribution < 1.29 is 9.47 Å². The fraction of sp³-hybridized carbons (Fsp3) is 1.00. The monoisotopic (exact) mass is 637 g/mol. The van der Waals surface area contributed by atoms with Gasteiger partial charge in [0.15, 0.2) is 0 Å². The Balaban J connectivity index is 3.03. The predicted octanol–water partition coefficient (Wildman–Crippen LogP) is 15.5. The first-order valence-corrected chi connectivity index (χ1v) is 21.6. The van der Waals surface area contributed by atoms with Gasteiger partial charge < -0.3 is 9.47 Å². The highest BCUT2D eigenvalue weighted by molar-refractivity contribution is 4.52. The second-order valence-electron chi connectivity index (χ2n) is 14.6. The van der Waals surface area contributed by atoms with Gasteiger partial charge >= 0.3 is 0 Å². The van der Waals surface area contributed by atoms with Gasteiger partial charge in [0.25, 0.3) is 0 Å². The molecule has 45 heavy (non-hydrogen) atoms. The third kappa shape index (κ3) is 43.9. The number of unbranched alkanes of at least 4 members (excludes halogenated alkanes) is 34. The molecule has 0 atom stereocenters. The lowest BCUT2D eigenvalue weighted by Gasteiger charge is -2.06. The molecule has 0 saturated heterocycles. The first-order chi connectivity index (χ1) is 22.4. The molecule has 0 rings (SSSR count). The highest BCUT2D eigenvalue weighted by atomic mass is 16.5. The van der Waals surface area contributed by atoms with Gasteiger partial charge in [-0.15, -0.1) is 0 Å². The van der Waals surface area contributed by atoms with E-state index in [9.17, 15) is 0 Å². The van der Waals surface area contributed by atoms with Crippen LogP contribution in [0.1, 0.15) is 251 Å². The fourth-order valence-corrected chi connectivity index (χ4v) is 6.65. The van der Waals surface area contributed by atoms with Crippen LogP contribution in [0.25, 0.3) is 0 Å². The van der Waals surface area contributed by atoms with Crippen molar-refractivity contribution in [2.45, 2.75) is 251 Å². The van der Waals surface area contributed by atoms with Crippen molar-refractivity contribution in [2.24, 2.45) is 0 Å². The summed E-state index contributed by atoms with van der Waals surface area (Å²) in [5, 5.41) is 0. The van der Waals surface area contributed by atoms with Crippen LogP contribution in [0.5, 0.6) is 0 Å². The summed E-state index contributed by atoms with van der Waals surface area (Å²) in [6, 6.07) is 0. The molecule has 0 aliphatic rings. The molecule has 0 aromatic carbocycles. The van der Waals surface area contributed by atoms with Gasteiger partial charge in [0, 0.05) is 26.4 Å². The molecular weight excluding hydrogens is 548 g/mol. The fourth-order valence-electron chi connectivity index (χ4n) is 6.65. The van der Waals surface area contributed by atoms with Gasteiger partial charge in [0.2, 0.25) is 0 Å². The number of rotatable bonds is 42. The van der Waals surface area contributed by atoms with Crippen LogP contribution in [0.15, 0.2) is 0 Å². The molecule has 2 nitrogen and oxygen atoms in total. The standard InChI is InChI=1S/C43H88O2/c1-3-5-7-9-11-13-15-17-19-21-23-25-27-29-31-33-36-40-44-42-38-35-39-43-45-41-37-34-32-30-28-26-24-22-20-18-16-14-12-10-8-6-4-2/h3-43H2,1-2H3. The molecule has 0 aliphatic heterocycles. The Morgan fingerprint density at radius 3 is 0.489 bits per heavy atom. The van der Waals surface area contributed by atoms with E-state index in [1.54, 1.807) is 0 Å². The van der Waals surface area contributed by atoms with Crippen LogP contribution in [0.4, 0.5) is 0 Å². The number of ether oxygens (including phenoxy) is 2. The van der Waals surface area contributed by atoms with E-state index in [4.69, 9.17) is 9.47 Å². The van der Waals surface area contributed by atoms with E-state index in [1.807, 2.05) is 0 Å². The first-order valence-electron chi connectivity index (χ1n) is 21.6. The Morgan fingerprint density at radius 2 is 0.311 bits per heavy atom. The Kier molecular flexibility index (Phi) is 43.8. The SMILES string of the molecule is CCCCCCCCCCCCCCCCCCCOCCCCCOCCCCCCCCCCCCCCCCCCC. The lowest BCUT2D eigenvalue weighted by Crippen LogP contribution is -2.00. The van der Waals surface area contributed by atoms with Crippen molar-refractivity contribution in [3.05, 3.63) is 0 Å². The van der Waals surface area contributed by atoms with Crippen molar-refractivity contribution >= 4 is 0 Å². The normalized spacial score (nSPS) is 11.6. The molecule has 0 N–H and O–H groups in total. The molecule has 0 aliphatic carbocycles. The van der Waals surface area contributed by atoms with E-state index < -0.39 is 0 Å². The lowest BCUT2D eigenvalue weighted by molar-refractivity contribution is 0.111. The minimum atomic E-state index is 0.943. The summed E-state index contributed by atoms with van der Waals surface area (Å²) in [5.41, 5.74) is 0. The summed E-state index contributed by atoms with van der Waals surface area (Å²) >= 11 is 0. The zero-order valence-corrected chi connectivity index (χ0v) is 31.8. The number of hydrogen-bond donors (Lipinski definition) is 0. The van der Waals surface area contributed by atoms with Crippen molar-refractivity contribution in [2.75, 3.05) is 26.4 Å². The smallest absolute Gasteiger partial charge is 0.0466 e. The molecule has 0 amide bonds. The molecule has 0 unspecified atom stereocenters. The van der Waals surface area contributed by atoms with Crippen molar-refractivity contribution in [3.8, 4) is 0 Å². The molecule has 0 saturated carbocycles. The van der Waals surface area contributed by atoms with Gasteiger partial charge in [-0.1, -0.05) is 219 Å². The van der Waals surface area contributed by atoms with Gasteiger partial charge in [0.05, 0.1) is 0 Å². The second kappa shape index (κ2) is 43.9. The molecular formula is C43H88O2. The van der Waals surface area contributed by atoms with Crippen LogP contribution in [0.2, 0.25) is 0 Å². The molecule has 0 heterocycles. The molecule has 0 aromatic heterocycles. The third-order valence-electron chi connectivity index (χ3n) is 9.86. The highest BCUT2D eigenvalue weighted by Crippen LogP contribution is 2.15. The topological polar surface area (TPSA) is 18.5 Å². The Bertz CT molecular complexity index is 436. The summed E-state index contributed by atoms with van der Waals surface area (Å²) in [7, 11) is 0. The van der Waals surface area contributed by atoms with Crippen molar-refractivity contribution in [1.29, 1.82) is 0 Å². The van der Waals surface area contributed by atoms with Crippen LogP contribution in [0, 0.1) is 0 Å². The molecule has 0 fully saturated rings. The minimum absolute atomic E-state index is 0.943. The molecule has 0 aromatic rings. The Morgan fingerprint density at radius 1 is 0.178 bits per heavy atom. The van der Waals surface area contributed by atoms with E-state index >= 15 is 0 Å². The third-order valence-corrected chi connectivity index (χ3v) is 9.86. The maximum absolute atomic E-state index is 5.86. The summed E-state index contributed by atoms with van der Waals surface area (Å²) in [4.78, 5) is 0. The van der Waals surface area contributed by atoms with Gasteiger partial charge in [-0.3, -0.25) is 0 Å². The van der Waals surface area contributed by atoms with Crippen LogP contribution < -0.4 is 0 Å². The lowest BCUT2D eigenvalue weighted by atomic mass is 10.0. The summed E-state index contributed by atoms with van der Waals surface area (Å²) in [6.07, 6.45) is 52.3. The van der Waals surface area contributed by atoms with Gasteiger partial charge in [-0.2, -0.15) is 0 Å². The predicted molar refractivity (Wildman–Crippen MR) is 204 cm³/mol. The van der Waals surface area contributed by atoms with E-state index in [0.717, 1.165) is 26.4 Å². The minimum Gasteiger partial charge on any atom is -0.381 e. The highest BCUT2D eigenvalue weighted by Gasteiger charge is 1.98. The summed E-state index contributed by atoms with van der Waals surface area (Å²) < 4.78 is 11.7. The molecule has 0 radical (unpaired) electrons. The van der Waals surface area contributed by atoms with E-state index in [1.165, 1.54) is 238 Å². The zero-order chi connectivity index (χ0) is 32.4. The largest absolute Gasteiger partial charge is 0.381 e. The molecule has 0 spiro atoms. The molecule has 272 valence electrons. The summed E-state index contributed by atoms with van der Waals surface area (Å²) in [6.45, 7) is 8.42. The average Bonchev–Trinajstić information content (AvgIpc) is 3.05. The first kappa shape index (κ1) is 44.9. The van der Waals surface area contributed by atoms with Crippen LogP contribution >= 0.6 is 0 Å².